The first-order chi connectivity index (χ1) is 17.0. The van der Waals surface area contributed by atoms with Crippen LogP contribution in [0.25, 0.3) is 11.3 Å². The van der Waals surface area contributed by atoms with Crippen molar-refractivity contribution in [2.75, 3.05) is 31.9 Å². The van der Waals surface area contributed by atoms with Crippen molar-refractivity contribution < 1.29 is 4.79 Å². The molecule has 0 unspecified atom stereocenters. The van der Waals surface area contributed by atoms with Crippen LogP contribution in [0.3, 0.4) is 0 Å². The molecule has 3 aromatic rings. The number of amides is 1. The molecule has 0 radical (unpaired) electrons. The van der Waals surface area contributed by atoms with Gasteiger partial charge < -0.3 is 16.0 Å². The van der Waals surface area contributed by atoms with E-state index in [-0.39, 0.29) is 5.91 Å². The number of anilines is 1. The number of nitrogens with zero attached hydrogens (tertiary/aromatic N) is 4. The topological polar surface area (TPSA) is 97.0 Å². The summed E-state index contributed by atoms with van der Waals surface area (Å²) < 4.78 is 0. The van der Waals surface area contributed by atoms with Gasteiger partial charge in [0.1, 0.15) is 12.1 Å². The minimum absolute atomic E-state index is 0.0171. The van der Waals surface area contributed by atoms with Crippen LogP contribution in [0.15, 0.2) is 42.9 Å². The van der Waals surface area contributed by atoms with Crippen molar-refractivity contribution in [3.63, 3.8) is 0 Å². The fourth-order valence-electron chi connectivity index (χ4n) is 4.68. The molecule has 4 heterocycles. The van der Waals surface area contributed by atoms with Crippen LogP contribution >= 0.6 is 11.6 Å². The van der Waals surface area contributed by atoms with Gasteiger partial charge in [0.25, 0.3) is 5.91 Å². The van der Waals surface area contributed by atoms with E-state index in [1.807, 2.05) is 24.0 Å². The van der Waals surface area contributed by atoms with Gasteiger partial charge in [0.2, 0.25) is 0 Å². The number of piperidine rings is 1. The SMILES string of the molecule is CCc1ncnc(-c2ccc(C(=O)N3CCC4(CC3)CNC4)c(Cl)c2)c1C#Cc1ccc(N)nc1. The maximum atomic E-state index is 13.2. The minimum Gasteiger partial charge on any atom is -0.384 e. The van der Waals surface area contributed by atoms with Crippen molar-refractivity contribution >= 4 is 23.3 Å². The molecule has 0 aliphatic carbocycles. The predicted molar refractivity (Wildman–Crippen MR) is 137 cm³/mol. The summed E-state index contributed by atoms with van der Waals surface area (Å²) >= 11 is 6.64. The second-order valence-corrected chi connectivity index (χ2v) is 9.62. The molecule has 2 aromatic heterocycles. The van der Waals surface area contributed by atoms with Crippen LogP contribution in [0.2, 0.25) is 5.02 Å². The molecule has 1 spiro atoms. The predicted octanol–water partition coefficient (Wildman–Crippen LogP) is 3.56. The third kappa shape index (κ3) is 4.72. The fourth-order valence-corrected chi connectivity index (χ4v) is 4.94. The van der Waals surface area contributed by atoms with Crippen LogP contribution in [0.4, 0.5) is 5.82 Å². The summed E-state index contributed by atoms with van der Waals surface area (Å²) in [5.74, 6) is 6.77. The van der Waals surface area contributed by atoms with Crippen LogP contribution in [0.1, 0.15) is 46.9 Å². The summed E-state index contributed by atoms with van der Waals surface area (Å²) in [6.07, 6.45) is 5.95. The van der Waals surface area contributed by atoms with Gasteiger partial charge in [0, 0.05) is 43.5 Å². The van der Waals surface area contributed by atoms with Gasteiger partial charge in [-0.05, 0) is 48.9 Å². The van der Waals surface area contributed by atoms with E-state index in [0.717, 1.165) is 61.4 Å². The molecule has 8 heteroatoms. The van der Waals surface area contributed by atoms with Gasteiger partial charge in [-0.1, -0.05) is 36.4 Å². The average Bonchev–Trinajstić information content (AvgIpc) is 2.87. The Hall–Kier alpha value is -3.47. The molecule has 0 saturated carbocycles. The van der Waals surface area contributed by atoms with Gasteiger partial charge in [-0.15, -0.1) is 0 Å². The van der Waals surface area contributed by atoms with Gasteiger partial charge in [-0.25, -0.2) is 15.0 Å². The van der Waals surface area contributed by atoms with E-state index in [4.69, 9.17) is 17.3 Å². The molecule has 35 heavy (non-hydrogen) atoms. The molecule has 0 atom stereocenters. The Kier molecular flexibility index (Phi) is 6.42. The zero-order valence-electron chi connectivity index (χ0n) is 19.6. The lowest BCUT2D eigenvalue weighted by atomic mass is 9.73. The number of nitrogens with two attached hydrogens (primary N) is 1. The Morgan fingerprint density at radius 1 is 1.14 bits per heavy atom. The van der Waals surface area contributed by atoms with Gasteiger partial charge in [-0.2, -0.15) is 0 Å². The monoisotopic (exact) mass is 486 g/mol. The van der Waals surface area contributed by atoms with Crippen molar-refractivity contribution in [1.82, 2.24) is 25.2 Å². The lowest BCUT2D eigenvalue weighted by Gasteiger charge is -2.48. The van der Waals surface area contributed by atoms with Crippen molar-refractivity contribution in [2.45, 2.75) is 26.2 Å². The van der Waals surface area contributed by atoms with Crippen LogP contribution in [-0.2, 0) is 6.42 Å². The van der Waals surface area contributed by atoms with E-state index in [2.05, 4.69) is 32.1 Å². The minimum atomic E-state index is -0.0171. The summed E-state index contributed by atoms with van der Waals surface area (Å²) in [7, 11) is 0. The maximum absolute atomic E-state index is 13.2. The van der Waals surface area contributed by atoms with Gasteiger partial charge in [-0.3, -0.25) is 4.79 Å². The molecular formula is C27H27ClN6O. The third-order valence-corrected chi connectivity index (χ3v) is 7.28. The smallest absolute Gasteiger partial charge is 0.255 e. The van der Waals surface area contributed by atoms with E-state index in [1.165, 1.54) is 6.33 Å². The lowest BCUT2D eigenvalue weighted by Crippen LogP contribution is -2.58. The summed E-state index contributed by atoms with van der Waals surface area (Å²) in [5.41, 5.74) is 10.4. The lowest BCUT2D eigenvalue weighted by molar-refractivity contribution is 0.0415. The number of aromatic nitrogens is 3. The molecule has 2 saturated heterocycles. The van der Waals surface area contributed by atoms with E-state index < -0.39 is 0 Å². The molecule has 0 bridgehead atoms. The van der Waals surface area contributed by atoms with Crippen molar-refractivity contribution in [1.29, 1.82) is 0 Å². The highest BCUT2D eigenvalue weighted by atomic mass is 35.5. The number of likely N-dealkylation sites (tertiary alicyclic amines) is 1. The number of halogens is 1. The average molecular weight is 487 g/mol. The molecule has 2 aliphatic rings. The zero-order chi connectivity index (χ0) is 24.4. The number of nitrogen functional groups attached to an aromatic ring is 1. The van der Waals surface area contributed by atoms with E-state index in [0.29, 0.717) is 33.9 Å². The van der Waals surface area contributed by atoms with Gasteiger partial charge in [0.05, 0.1) is 27.5 Å². The molecule has 2 aliphatic heterocycles. The Morgan fingerprint density at radius 3 is 2.57 bits per heavy atom. The molecule has 1 aromatic carbocycles. The number of aryl methyl sites for hydroxylation is 1. The highest BCUT2D eigenvalue weighted by Crippen LogP contribution is 2.36. The fraction of sp³-hybridized carbons (Fsp3) is 0.333. The normalized spacial score (nSPS) is 16.3. The van der Waals surface area contributed by atoms with E-state index in [1.54, 1.807) is 24.4 Å². The number of carbonyl (C=O) groups is 1. The number of rotatable bonds is 3. The van der Waals surface area contributed by atoms with Gasteiger partial charge >= 0.3 is 0 Å². The first-order valence-corrected chi connectivity index (χ1v) is 12.2. The number of hydrogen-bond donors (Lipinski definition) is 2. The standard InChI is InChI=1S/C27H27ClN6O/c1-2-23-21(6-3-18-4-8-24(29)31-14-18)25(33-17-32-23)19-5-7-20(22(28)13-19)26(35)34-11-9-27(10-12-34)15-30-16-27/h4-5,7-8,13-14,17,30H,2,9-12,15-16H2,1H3,(H2,29,31). The summed E-state index contributed by atoms with van der Waals surface area (Å²) in [4.78, 5) is 28.1. The van der Waals surface area contributed by atoms with Crippen LogP contribution < -0.4 is 11.1 Å². The molecule has 178 valence electrons. The highest BCUT2D eigenvalue weighted by Gasteiger charge is 2.40. The number of nitrogens with one attached hydrogen (secondary N) is 1. The zero-order valence-corrected chi connectivity index (χ0v) is 20.4. The molecule has 2 fully saturated rings. The first-order valence-electron chi connectivity index (χ1n) is 11.9. The number of hydrogen-bond acceptors (Lipinski definition) is 6. The molecule has 7 nitrogen and oxygen atoms in total. The van der Waals surface area contributed by atoms with E-state index >= 15 is 0 Å². The van der Waals surface area contributed by atoms with Crippen LogP contribution in [0.5, 0.6) is 0 Å². The molecular weight excluding hydrogens is 460 g/mol. The Bertz CT molecular complexity index is 1310. The summed E-state index contributed by atoms with van der Waals surface area (Å²) in [6.45, 7) is 5.68. The molecule has 3 N–H and O–H groups in total. The highest BCUT2D eigenvalue weighted by molar-refractivity contribution is 6.34. The van der Waals surface area contributed by atoms with Crippen molar-refractivity contribution in [3.05, 3.63) is 70.3 Å². The quantitative estimate of drug-likeness (QED) is 0.549. The van der Waals surface area contributed by atoms with Crippen molar-refractivity contribution in [2.24, 2.45) is 5.41 Å². The number of benzene rings is 1. The third-order valence-electron chi connectivity index (χ3n) is 6.96. The Balaban J connectivity index is 1.42. The van der Waals surface area contributed by atoms with Crippen LogP contribution in [0, 0.1) is 17.3 Å². The Labute approximate surface area is 210 Å². The Morgan fingerprint density at radius 2 is 1.94 bits per heavy atom. The second-order valence-electron chi connectivity index (χ2n) is 9.21. The number of pyridine rings is 1. The summed E-state index contributed by atoms with van der Waals surface area (Å²) in [6, 6.07) is 9.02. The van der Waals surface area contributed by atoms with Crippen LogP contribution in [-0.4, -0.2) is 51.9 Å². The first kappa shape index (κ1) is 23.3. The van der Waals surface area contributed by atoms with Crippen molar-refractivity contribution in [3.8, 4) is 23.1 Å². The summed E-state index contributed by atoms with van der Waals surface area (Å²) in [5, 5.41) is 3.77. The largest absolute Gasteiger partial charge is 0.384 e. The van der Waals surface area contributed by atoms with Gasteiger partial charge in [0.15, 0.2) is 0 Å². The number of carbonyl (C=O) groups excluding carboxylic acids is 1. The maximum Gasteiger partial charge on any atom is 0.255 e. The molecule has 1 amide bonds. The molecule has 5 rings (SSSR count). The second kappa shape index (κ2) is 9.65. The van der Waals surface area contributed by atoms with E-state index in [9.17, 15) is 4.79 Å².